The summed E-state index contributed by atoms with van der Waals surface area (Å²) in [5, 5.41) is 19.7. The monoisotopic (exact) mass is 1030 g/mol. The highest BCUT2D eigenvalue weighted by Crippen LogP contribution is 2.43. The van der Waals surface area contributed by atoms with E-state index in [0.29, 0.717) is 35.1 Å². The number of quaternary nitrogens is 2. The molecule has 0 heterocycles. The van der Waals surface area contributed by atoms with E-state index in [4.69, 9.17) is 27.6 Å². The Balaban J connectivity index is 0. The zero-order chi connectivity index (χ0) is 52.0. The summed E-state index contributed by atoms with van der Waals surface area (Å²) in [5.74, 6) is -0.370. The molecule has 0 radical (unpaired) electrons. The van der Waals surface area contributed by atoms with Gasteiger partial charge >= 0.3 is 21.6 Å². The molecule has 15 nitrogen and oxygen atoms in total. The lowest BCUT2D eigenvalue weighted by molar-refractivity contribution is -0.870. The molecule has 0 aliphatic carbocycles. The van der Waals surface area contributed by atoms with Gasteiger partial charge in [0.1, 0.15) is 45.1 Å². The van der Waals surface area contributed by atoms with Gasteiger partial charge in [-0.15, -0.1) is 0 Å². The molecule has 2 unspecified atom stereocenters. The Kier molecular flexibility index (Phi) is 48.3. The number of nitrogens with zero attached hydrogens (tertiary/aromatic N) is 2. The first-order valence-corrected chi connectivity index (χ1v) is 30.6. The number of rotatable bonds is 51. The second-order valence-corrected chi connectivity index (χ2v) is 24.2. The molecule has 69 heavy (non-hydrogen) atoms. The Hall–Kier alpha value is -0.510. The van der Waals surface area contributed by atoms with E-state index in [1.165, 1.54) is 167 Å². The summed E-state index contributed by atoms with van der Waals surface area (Å²) < 4.78 is 54.7. The van der Waals surface area contributed by atoms with E-state index in [0.717, 1.165) is 32.1 Å². The number of phosphoric ester groups is 2. The Morgan fingerprint density at radius 2 is 0.696 bits per heavy atom. The van der Waals surface area contributed by atoms with Gasteiger partial charge in [-0.1, -0.05) is 200 Å². The third-order valence-electron chi connectivity index (χ3n) is 11.8. The van der Waals surface area contributed by atoms with Crippen molar-refractivity contribution in [1.29, 1.82) is 0 Å². The molecule has 4 atom stereocenters. The standard InChI is InChI=1S/C26H54NO7P.C26H56NO6P/c1-5-6-7-8-9-10-11-12-13-14-15-16-17-18-19-20-26(29)32-23-25(28)24-34-35(30,31)33-22-21-27(2,3)4;1-5-6-7-8-9-10-11-12-13-14-15-16-17-18-19-20-22-31-24-26(28)25-33-34(29,30)32-23-21-27(2,3)4/h25,28H,5-24H2,1-4H3;26,28H,5-25H2,1-4H3/p+2/t25-;26-/m11/s1. The zero-order valence-electron chi connectivity index (χ0n) is 45.9. The van der Waals surface area contributed by atoms with Crippen molar-refractivity contribution in [3.05, 3.63) is 0 Å². The number of likely N-dealkylation sites (N-methyl/N-ethyl adjacent to an activating group) is 2. The van der Waals surface area contributed by atoms with Crippen molar-refractivity contribution < 1.29 is 70.5 Å². The van der Waals surface area contributed by atoms with E-state index in [1.54, 1.807) is 0 Å². The number of ether oxygens (including phenoxy) is 2. The summed E-state index contributed by atoms with van der Waals surface area (Å²) in [5.41, 5.74) is 0. The molecule has 0 saturated carbocycles. The number of aliphatic hydroxyl groups excluding tert-OH is 2. The fourth-order valence-electron chi connectivity index (χ4n) is 7.26. The van der Waals surface area contributed by atoms with Crippen LogP contribution in [0, 0.1) is 0 Å². The predicted octanol–water partition coefficient (Wildman–Crippen LogP) is 12.5. The normalized spacial score (nSPS) is 14.7. The average Bonchev–Trinajstić information content (AvgIpc) is 3.27. The van der Waals surface area contributed by atoms with Gasteiger partial charge in [0, 0.05) is 13.0 Å². The number of hydrogen-bond donors (Lipinski definition) is 4. The highest BCUT2D eigenvalue weighted by atomic mass is 31.2. The van der Waals surface area contributed by atoms with Gasteiger partial charge in [-0.2, -0.15) is 0 Å². The number of hydrogen-bond acceptors (Lipinski definition) is 11. The summed E-state index contributed by atoms with van der Waals surface area (Å²) in [4.78, 5) is 31.1. The van der Waals surface area contributed by atoms with Crippen LogP contribution in [-0.4, -0.2) is 149 Å². The topological polar surface area (TPSA) is 188 Å². The molecular formula is C52H112N2O13P2+2. The van der Waals surface area contributed by atoms with Gasteiger partial charge < -0.3 is 38.4 Å². The van der Waals surface area contributed by atoms with E-state index < -0.39 is 34.5 Å². The number of aliphatic hydroxyl groups is 2. The van der Waals surface area contributed by atoms with Gasteiger partial charge in [-0.3, -0.25) is 22.9 Å². The highest BCUT2D eigenvalue weighted by Gasteiger charge is 2.25. The fraction of sp³-hybridized carbons (Fsp3) is 0.981. The minimum atomic E-state index is -4.24. The first-order valence-electron chi connectivity index (χ1n) is 27.7. The van der Waals surface area contributed by atoms with Gasteiger partial charge in [0.2, 0.25) is 0 Å². The van der Waals surface area contributed by atoms with Crippen LogP contribution in [0.4, 0.5) is 0 Å². The number of carbonyl (C=O) groups excluding carboxylic acids is 1. The second kappa shape index (κ2) is 47.2. The average molecular weight is 1040 g/mol. The Bertz CT molecular complexity index is 1220. The predicted molar refractivity (Wildman–Crippen MR) is 282 cm³/mol. The SMILES string of the molecule is CCCCCCCCCCCCCCCCCC(=O)OC[C@@H](O)COP(=O)(O)OCC[N+](C)(C)C.CCCCCCCCCCCCCCCCCCOC[C@@H](O)COP(=O)(O)OCC[N+](C)(C)C. The maximum Gasteiger partial charge on any atom is 0.472 e. The summed E-state index contributed by atoms with van der Waals surface area (Å²) in [6, 6.07) is 0. The van der Waals surface area contributed by atoms with Crippen LogP contribution < -0.4 is 0 Å². The van der Waals surface area contributed by atoms with Crippen molar-refractivity contribution in [2.75, 3.05) is 102 Å². The molecule has 0 bridgehead atoms. The first-order chi connectivity index (χ1) is 32.7. The van der Waals surface area contributed by atoms with Crippen LogP contribution in [0.1, 0.15) is 219 Å². The van der Waals surface area contributed by atoms with Crippen LogP contribution in [-0.2, 0) is 41.5 Å². The lowest BCUT2D eigenvalue weighted by Crippen LogP contribution is -2.37. The Morgan fingerprint density at radius 1 is 0.406 bits per heavy atom. The van der Waals surface area contributed by atoms with Gasteiger partial charge in [0.15, 0.2) is 0 Å². The molecule has 0 amide bonds. The second-order valence-electron chi connectivity index (χ2n) is 21.3. The third kappa shape index (κ3) is 59.9. The van der Waals surface area contributed by atoms with Crippen molar-refractivity contribution in [2.24, 2.45) is 0 Å². The highest BCUT2D eigenvalue weighted by molar-refractivity contribution is 7.47. The van der Waals surface area contributed by atoms with Crippen LogP contribution >= 0.6 is 15.6 Å². The van der Waals surface area contributed by atoms with Crippen LogP contribution in [0.3, 0.4) is 0 Å². The zero-order valence-corrected chi connectivity index (χ0v) is 47.7. The molecule has 4 N–H and O–H groups in total. The number of esters is 1. The lowest BCUT2D eigenvalue weighted by Gasteiger charge is -2.24. The molecular weight excluding hydrogens is 923 g/mol. The van der Waals surface area contributed by atoms with Crippen molar-refractivity contribution in [2.45, 2.75) is 232 Å². The van der Waals surface area contributed by atoms with Crippen molar-refractivity contribution >= 4 is 21.6 Å². The number of unbranched alkanes of at least 4 members (excludes halogenated alkanes) is 29. The smallest absolute Gasteiger partial charge is 0.463 e. The number of carbonyl (C=O) groups is 1. The molecule has 0 aromatic rings. The fourth-order valence-corrected chi connectivity index (χ4v) is 8.76. The van der Waals surface area contributed by atoms with E-state index >= 15 is 0 Å². The largest absolute Gasteiger partial charge is 0.472 e. The van der Waals surface area contributed by atoms with E-state index in [1.807, 2.05) is 42.3 Å². The first kappa shape index (κ1) is 70.6. The van der Waals surface area contributed by atoms with Crippen molar-refractivity contribution in [1.82, 2.24) is 0 Å². The molecule has 0 aliphatic heterocycles. The molecule has 0 spiro atoms. The van der Waals surface area contributed by atoms with Crippen LogP contribution in [0.25, 0.3) is 0 Å². The van der Waals surface area contributed by atoms with Crippen LogP contribution in [0.2, 0.25) is 0 Å². The van der Waals surface area contributed by atoms with Gasteiger partial charge in [-0.05, 0) is 12.8 Å². The van der Waals surface area contributed by atoms with Crippen LogP contribution in [0.5, 0.6) is 0 Å². The lowest BCUT2D eigenvalue weighted by atomic mass is 10.0. The summed E-state index contributed by atoms with van der Waals surface area (Å²) in [6.07, 6.45) is 38.5. The maximum absolute atomic E-state index is 11.8. The third-order valence-corrected chi connectivity index (χ3v) is 13.7. The molecule has 0 fully saturated rings. The van der Waals surface area contributed by atoms with Gasteiger partial charge in [0.05, 0.1) is 62.1 Å². The van der Waals surface area contributed by atoms with Crippen LogP contribution in [0.15, 0.2) is 0 Å². The van der Waals surface area contributed by atoms with Gasteiger partial charge in [-0.25, -0.2) is 9.13 Å². The van der Waals surface area contributed by atoms with Gasteiger partial charge in [0.25, 0.3) is 0 Å². The summed E-state index contributed by atoms with van der Waals surface area (Å²) in [7, 11) is 3.33. The van der Waals surface area contributed by atoms with E-state index in [2.05, 4.69) is 13.8 Å². The van der Waals surface area contributed by atoms with Crippen molar-refractivity contribution in [3.8, 4) is 0 Å². The Morgan fingerprint density at radius 3 is 1.01 bits per heavy atom. The maximum atomic E-state index is 11.8. The van der Waals surface area contributed by atoms with Crippen molar-refractivity contribution in [3.63, 3.8) is 0 Å². The summed E-state index contributed by atoms with van der Waals surface area (Å²) in [6.45, 7) is 5.51. The minimum Gasteiger partial charge on any atom is -0.463 e. The quantitative estimate of drug-likeness (QED) is 0.0195. The molecule has 0 rings (SSSR count). The minimum absolute atomic E-state index is 0.0572. The molecule has 0 aromatic heterocycles. The molecule has 0 aromatic carbocycles. The molecule has 0 saturated heterocycles. The Labute approximate surface area is 423 Å². The summed E-state index contributed by atoms with van der Waals surface area (Å²) >= 11 is 0. The molecule has 17 heteroatoms. The number of phosphoric acid groups is 2. The van der Waals surface area contributed by atoms with E-state index in [-0.39, 0.29) is 39.0 Å². The van der Waals surface area contributed by atoms with E-state index in [9.17, 15) is 33.9 Å². The molecule has 416 valence electrons. The molecule has 0 aliphatic rings.